The summed E-state index contributed by atoms with van der Waals surface area (Å²) < 4.78 is 0. The third-order valence-electron chi connectivity index (χ3n) is 4.55. The van der Waals surface area contributed by atoms with Crippen LogP contribution in [0.5, 0.6) is 0 Å². The van der Waals surface area contributed by atoms with Crippen molar-refractivity contribution in [3.63, 3.8) is 0 Å². The number of thiophene rings is 1. The molecule has 0 spiro atoms. The Kier molecular flexibility index (Phi) is 6.00. The van der Waals surface area contributed by atoms with E-state index in [2.05, 4.69) is 10.3 Å². The Bertz CT molecular complexity index is 1350. The zero-order chi connectivity index (χ0) is 22.0. The van der Waals surface area contributed by atoms with Crippen molar-refractivity contribution < 1.29 is 4.79 Å². The highest BCUT2D eigenvalue weighted by atomic mass is 35.5. The molecule has 0 radical (unpaired) electrons. The Morgan fingerprint density at radius 1 is 1.19 bits per heavy atom. The smallest absolute Gasteiger partial charge is 0.267 e. The summed E-state index contributed by atoms with van der Waals surface area (Å²) in [7, 11) is 0. The molecule has 154 valence electrons. The predicted octanol–water partition coefficient (Wildman–Crippen LogP) is 5.53. The zero-order valence-electron chi connectivity index (χ0n) is 16.1. The van der Waals surface area contributed by atoms with Crippen LogP contribution in [-0.2, 0) is 5.75 Å². The van der Waals surface area contributed by atoms with Gasteiger partial charge < -0.3 is 16.8 Å². The van der Waals surface area contributed by atoms with Gasteiger partial charge in [0.25, 0.3) is 5.91 Å². The number of hydrogen-bond acceptors (Lipinski definition) is 7. The van der Waals surface area contributed by atoms with E-state index < -0.39 is 0 Å². The molecule has 0 aliphatic heterocycles. The molecule has 0 unspecified atom stereocenters. The summed E-state index contributed by atoms with van der Waals surface area (Å²) in [5.74, 6) is 0.436. The van der Waals surface area contributed by atoms with Gasteiger partial charge in [-0.3, -0.25) is 4.79 Å². The summed E-state index contributed by atoms with van der Waals surface area (Å²) in [6.07, 6.45) is 0. The normalized spacial score (nSPS) is 10.7. The Labute approximate surface area is 191 Å². The number of carbonyl (C=O) groups is 1. The topological polar surface area (TPSA) is 118 Å². The number of nitrogens with one attached hydrogen (secondary N) is 1. The van der Waals surface area contributed by atoms with Crippen LogP contribution < -0.4 is 16.8 Å². The number of halogens is 1. The van der Waals surface area contributed by atoms with Crippen molar-refractivity contribution in [1.82, 2.24) is 4.98 Å². The van der Waals surface area contributed by atoms with Gasteiger partial charge in [0, 0.05) is 21.1 Å². The van der Waals surface area contributed by atoms with Crippen molar-refractivity contribution in [3.05, 3.63) is 75.6 Å². The molecule has 6 nitrogen and oxygen atoms in total. The number of nitrogens with two attached hydrogens (primary N) is 2. The van der Waals surface area contributed by atoms with E-state index in [4.69, 9.17) is 28.3 Å². The minimum atomic E-state index is -0.344. The molecule has 0 saturated carbocycles. The lowest BCUT2D eigenvalue weighted by atomic mass is 10.2. The molecule has 0 atom stereocenters. The highest BCUT2D eigenvalue weighted by molar-refractivity contribution is 7.98. The molecular weight excluding hydrogens is 450 g/mol. The first-order valence-corrected chi connectivity index (χ1v) is 11.3. The molecular formula is C22H16ClN5OS2. The van der Waals surface area contributed by atoms with Crippen LogP contribution in [0.4, 0.5) is 17.2 Å². The molecule has 2 aromatic heterocycles. The van der Waals surface area contributed by atoms with E-state index in [1.165, 1.54) is 0 Å². The van der Waals surface area contributed by atoms with Crippen LogP contribution >= 0.6 is 34.7 Å². The average Bonchev–Trinajstić information content (AvgIpc) is 3.09. The van der Waals surface area contributed by atoms with Crippen molar-refractivity contribution in [3.8, 4) is 6.07 Å². The van der Waals surface area contributed by atoms with Gasteiger partial charge in [-0.1, -0.05) is 41.9 Å². The summed E-state index contributed by atoms with van der Waals surface area (Å²) in [6, 6.07) is 18.7. The molecule has 0 aliphatic rings. The van der Waals surface area contributed by atoms with E-state index in [1.54, 1.807) is 17.8 Å². The van der Waals surface area contributed by atoms with Gasteiger partial charge in [-0.05, 0) is 29.8 Å². The minimum Gasteiger partial charge on any atom is -0.397 e. The van der Waals surface area contributed by atoms with Crippen LogP contribution in [0, 0.1) is 11.3 Å². The molecule has 0 saturated heterocycles. The third-order valence-corrected chi connectivity index (χ3v) is 7.16. The number of carbonyl (C=O) groups excluding carboxylic acids is 1. The summed E-state index contributed by atoms with van der Waals surface area (Å²) >= 11 is 8.97. The number of fused-ring (bicyclic) bond motifs is 1. The second-order valence-corrected chi connectivity index (χ2v) is 8.98. The predicted molar refractivity (Wildman–Crippen MR) is 129 cm³/mol. The van der Waals surface area contributed by atoms with Crippen LogP contribution in [0.1, 0.15) is 20.8 Å². The number of rotatable bonds is 5. The monoisotopic (exact) mass is 465 g/mol. The summed E-state index contributed by atoms with van der Waals surface area (Å²) in [5, 5.41) is 13.3. The summed E-state index contributed by atoms with van der Waals surface area (Å²) in [6.45, 7) is 0. The van der Waals surface area contributed by atoms with Gasteiger partial charge in [0.15, 0.2) is 0 Å². The van der Waals surface area contributed by atoms with Gasteiger partial charge >= 0.3 is 0 Å². The maximum absolute atomic E-state index is 13.0. The number of nitrogen functional groups attached to an aromatic ring is 2. The number of pyridine rings is 1. The van der Waals surface area contributed by atoms with Gasteiger partial charge in [0.05, 0.1) is 16.9 Å². The molecule has 4 aromatic rings. The number of amides is 1. The van der Waals surface area contributed by atoms with E-state index in [9.17, 15) is 4.79 Å². The largest absolute Gasteiger partial charge is 0.397 e. The van der Waals surface area contributed by atoms with Crippen molar-refractivity contribution in [2.45, 2.75) is 10.6 Å². The Morgan fingerprint density at radius 2 is 1.94 bits per heavy atom. The first kappa shape index (κ1) is 21.0. The number of hydrogen-bond donors (Lipinski definition) is 3. The Hall–Kier alpha value is -3.25. The molecule has 5 N–H and O–H groups in total. The molecule has 0 fully saturated rings. The van der Waals surface area contributed by atoms with Crippen molar-refractivity contribution in [2.75, 3.05) is 16.8 Å². The molecule has 4 rings (SSSR count). The Balaban J connectivity index is 1.59. The van der Waals surface area contributed by atoms with Crippen molar-refractivity contribution >= 4 is 68.0 Å². The summed E-state index contributed by atoms with van der Waals surface area (Å²) in [4.78, 5) is 18.9. The van der Waals surface area contributed by atoms with Gasteiger partial charge in [-0.25, -0.2) is 4.98 Å². The van der Waals surface area contributed by atoms with E-state index in [1.807, 2.05) is 54.6 Å². The Morgan fingerprint density at radius 3 is 2.71 bits per heavy atom. The number of nitriles is 1. The third kappa shape index (κ3) is 4.30. The number of thioether (sulfide) groups is 1. The molecule has 0 aliphatic carbocycles. The lowest BCUT2D eigenvalue weighted by Gasteiger charge is -2.11. The van der Waals surface area contributed by atoms with E-state index >= 15 is 0 Å². The standard InChI is InChI=1S/C22H16ClN5OS2/c23-15-6-2-1-5-12(15)11-30-17-8-4-3-7-16(17)27-21(29)19-18(25)14-9-13(10-24)20(26)28-22(14)31-19/h1-9H,11,25H2,(H2,26,28)(H,27,29). The van der Waals surface area contributed by atoms with Gasteiger partial charge in [0.2, 0.25) is 0 Å². The fourth-order valence-electron chi connectivity index (χ4n) is 2.96. The SMILES string of the molecule is N#Cc1cc2c(N)c(C(=O)Nc3ccccc3SCc3ccccc3Cl)sc2nc1N. The highest BCUT2D eigenvalue weighted by Gasteiger charge is 2.20. The number of benzene rings is 2. The highest BCUT2D eigenvalue weighted by Crippen LogP contribution is 2.36. The average molecular weight is 466 g/mol. The summed E-state index contributed by atoms with van der Waals surface area (Å²) in [5.41, 5.74) is 14.2. The fourth-order valence-corrected chi connectivity index (χ4v) is 5.23. The first-order chi connectivity index (χ1) is 15.0. The number of para-hydroxylation sites is 1. The fraction of sp³-hybridized carbons (Fsp3) is 0.0455. The zero-order valence-corrected chi connectivity index (χ0v) is 18.4. The number of aromatic nitrogens is 1. The van der Waals surface area contributed by atoms with E-state index in [0.29, 0.717) is 31.6 Å². The lowest BCUT2D eigenvalue weighted by molar-refractivity contribution is 0.103. The van der Waals surface area contributed by atoms with Crippen LogP contribution in [0.25, 0.3) is 10.2 Å². The van der Waals surface area contributed by atoms with Crippen LogP contribution in [0.15, 0.2) is 59.5 Å². The first-order valence-electron chi connectivity index (χ1n) is 9.13. The number of nitrogens with zero attached hydrogens (tertiary/aromatic N) is 2. The molecule has 2 heterocycles. The van der Waals surface area contributed by atoms with E-state index in [0.717, 1.165) is 21.8 Å². The molecule has 9 heteroatoms. The number of anilines is 3. The van der Waals surface area contributed by atoms with Gasteiger partial charge in [-0.2, -0.15) is 5.26 Å². The maximum atomic E-state index is 13.0. The van der Waals surface area contributed by atoms with Crippen molar-refractivity contribution in [2.24, 2.45) is 0 Å². The second-order valence-electron chi connectivity index (χ2n) is 6.56. The quantitative estimate of drug-likeness (QED) is 0.333. The van der Waals surface area contributed by atoms with Gasteiger partial charge in [0.1, 0.15) is 21.6 Å². The van der Waals surface area contributed by atoms with Crippen molar-refractivity contribution in [1.29, 1.82) is 5.26 Å². The van der Waals surface area contributed by atoms with Gasteiger partial charge in [-0.15, -0.1) is 23.1 Å². The van der Waals surface area contributed by atoms with E-state index in [-0.39, 0.29) is 23.0 Å². The van der Waals surface area contributed by atoms with Crippen LogP contribution in [0.3, 0.4) is 0 Å². The maximum Gasteiger partial charge on any atom is 0.267 e. The minimum absolute atomic E-state index is 0.115. The molecule has 1 amide bonds. The second kappa shape index (κ2) is 8.86. The molecule has 2 aromatic carbocycles. The van der Waals surface area contributed by atoms with Crippen LogP contribution in [0.2, 0.25) is 5.02 Å². The molecule has 31 heavy (non-hydrogen) atoms. The lowest BCUT2D eigenvalue weighted by Crippen LogP contribution is -2.12. The van der Waals surface area contributed by atoms with Crippen LogP contribution in [-0.4, -0.2) is 10.9 Å². The molecule has 0 bridgehead atoms.